The number of piperazine rings is 1. The Morgan fingerprint density at radius 3 is 2.40 bits per heavy atom. The molecule has 0 radical (unpaired) electrons. The zero-order valence-corrected chi connectivity index (χ0v) is 14.3. The lowest BCUT2D eigenvalue weighted by Crippen LogP contribution is -2.48. The van der Waals surface area contributed by atoms with Crippen molar-refractivity contribution in [2.24, 2.45) is 0 Å². The molecule has 25 heavy (non-hydrogen) atoms. The highest BCUT2D eigenvalue weighted by Crippen LogP contribution is 2.21. The number of nitriles is 1. The molecule has 1 aliphatic rings. The monoisotopic (exact) mass is 335 g/mol. The van der Waals surface area contributed by atoms with E-state index in [4.69, 9.17) is 5.26 Å². The van der Waals surface area contributed by atoms with Gasteiger partial charge in [-0.15, -0.1) is 0 Å². The minimum Gasteiger partial charge on any atom is -0.507 e. The molecule has 1 aliphatic heterocycles. The van der Waals surface area contributed by atoms with Crippen molar-refractivity contribution in [1.82, 2.24) is 9.80 Å². The Morgan fingerprint density at radius 2 is 1.80 bits per heavy atom. The van der Waals surface area contributed by atoms with E-state index in [2.05, 4.69) is 11.0 Å². The van der Waals surface area contributed by atoms with Crippen molar-refractivity contribution >= 4 is 5.91 Å². The summed E-state index contributed by atoms with van der Waals surface area (Å²) in [5.74, 6) is -0.0689. The van der Waals surface area contributed by atoms with Crippen molar-refractivity contribution in [2.75, 3.05) is 26.2 Å². The molecular formula is C20H21N3O2. The van der Waals surface area contributed by atoms with Crippen LogP contribution in [0.4, 0.5) is 0 Å². The molecule has 0 aliphatic carbocycles. The van der Waals surface area contributed by atoms with Gasteiger partial charge in [0, 0.05) is 32.7 Å². The molecule has 3 rings (SSSR count). The van der Waals surface area contributed by atoms with E-state index < -0.39 is 0 Å². The van der Waals surface area contributed by atoms with Crippen LogP contribution in [0.25, 0.3) is 0 Å². The molecule has 5 nitrogen and oxygen atoms in total. The Morgan fingerprint density at radius 1 is 1.12 bits per heavy atom. The average molecular weight is 335 g/mol. The largest absolute Gasteiger partial charge is 0.507 e. The number of hydrogen-bond acceptors (Lipinski definition) is 4. The number of nitrogens with zero attached hydrogens (tertiary/aromatic N) is 3. The second kappa shape index (κ2) is 7.37. The summed E-state index contributed by atoms with van der Waals surface area (Å²) in [5, 5.41) is 18.8. The first kappa shape index (κ1) is 17.0. The number of aromatic hydroxyl groups is 1. The fraction of sp³-hybridized carbons (Fsp3) is 0.300. The van der Waals surface area contributed by atoms with E-state index in [0.717, 1.165) is 30.8 Å². The van der Waals surface area contributed by atoms with E-state index in [0.29, 0.717) is 24.2 Å². The minimum absolute atomic E-state index is 0.0463. The highest BCUT2D eigenvalue weighted by atomic mass is 16.3. The molecule has 0 aromatic heterocycles. The molecule has 0 unspecified atom stereocenters. The maximum Gasteiger partial charge on any atom is 0.257 e. The van der Waals surface area contributed by atoms with Gasteiger partial charge in [0.15, 0.2) is 0 Å². The number of amides is 1. The van der Waals surface area contributed by atoms with Gasteiger partial charge >= 0.3 is 0 Å². The normalized spacial score (nSPS) is 15.0. The SMILES string of the molecule is Cc1ccc(C(=O)N2CCN(Cc3ccc(C#N)cc3)CC2)c(O)c1. The number of aryl methyl sites for hydroxylation is 1. The van der Waals surface area contributed by atoms with Crippen LogP contribution in [0.3, 0.4) is 0 Å². The molecule has 1 heterocycles. The summed E-state index contributed by atoms with van der Waals surface area (Å²) < 4.78 is 0. The van der Waals surface area contributed by atoms with Gasteiger partial charge in [-0.05, 0) is 42.3 Å². The number of carbonyl (C=O) groups excluding carboxylic acids is 1. The number of phenolic OH excluding ortho intramolecular Hbond substituents is 1. The lowest BCUT2D eigenvalue weighted by molar-refractivity contribution is 0.0625. The van der Waals surface area contributed by atoms with Crippen LogP contribution in [0.15, 0.2) is 42.5 Å². The fourth-order valence-electron chi connectivity index (χ4n) is 3.04. The Hall–Kier alpha value is -2.84. The van der Waals surface area contributed by atoms with Crippen molar-refractivity contribution in [3.05, 3.63) is 64.7 Å². The second-order valence-electron chi connectivity index (χ2n) is 6.40. The van der Waals surface area contributed by atoms with Gasteiger partial charge in [0.1, 0.15) is 5.75 Å². The lowest BCUT2D eigenvalue weighted by Gasteiger charge is -2.35. The Balaban J connectivity index is 1.57. The van der Waals surface area contributed by atoms with Crippen molar-refractivity contribution in [3.8, 4) is 11.8 Å². The molecule has 2 aromatic rings. The second-order valence-corrected chi connectivity index (χ2v) is 6.40. The van der Waals surface area contributed by atoms with Crippen molar-refractivity contribution in [3.63, 3.8) is 0 Å². The van der Waals surface area contributed by atoms with E-state index in [1.807, 2.05) is 37.3 Å². The number of hydrogen-bond donors (Lipinski definition) is 1. The third-order valence-corrected chi connectivity index (χ3v) is 4.53. The molecule has 5 heteroatoms. The predicted octanol–water partition coefficient (Wildman–Crippen LogP) is 2.53. The van der Waals surface area contributed by atoms with Crippen LogP contribution in [0, 0.1) is 18.3 Å². The van der Waals surface area contributed by atoms with Gasteiger partial charge in [-0.3, -0.25) is 9.69 Å². The summed E-state index contributed by atoms with van der Waals surface area (Å²) in [6.45, 7) is 5.56. The van der Waals surface area contributed by atoms with E-state index >= 15 is 0 Å². The number of benzene rings is 2. The molecule has 2 aromatic carbocycles. The van der Waals surface area contributed by atoms with Gasteiger partial charge in [-0.2, -0.15) is 5.26 Å². The van der Waals surface area contributed by atoms with E-state index in [1.54, 1.807) is 17.0 Å². The summed E-state index contributed by atoms with van der Waals surface area (Å²) in [7, 11) is 0. The van der Waals surface area contributed by atoms with Gasteiger partial charge in [-0.1, -0.05) is 18.2 Å². The Labute approximate surface area is 147 Å². The van der Waals surface area contributed by atoms with Crippen LogP contribution >= 0.6 is 0 Å². The van der Waals surface area contributed by atoms with Crippen LogP contribution in [0.1, 0.15) is 27.0 Å². The third kappa shape index (κ3) is 3.98. The van der Waals surface area contributed by atoms with E-state index in [9.17, 15) is 9.90 Å². The summed E-state index contributed by atoms with van der Waals surface area (Å²) in [6.07, 6.45) is 0. The molecule has 0 spiro atoms. The van der Waals surface area contributed by atoms with E-state index in [1.165, 1.54) is 0 Å². The first-order chi connectivity index (χ1) is 12.1. The summed E-state index contributed by atoms with van der Waals surface area (Å²) in [4.78, 5) is 16.7. The predicted molar refractivity (Wildman–Crippen MR) is 95.2 cm³/mol. The third-order valence-electron chi connectivity index (χ3n) is 4.53. The molecule has 0 atom stereocenters. The molecule has 0 saturated carbocycles. The van der Waals surface area contributed by atoms with Crippen LogP contribution in [0.2, 0.25) is 0 Å². The van der Waals surface area contributed by atoms with Crippen LogP contribution in [-0.2, 0) is 6.54 Å². The molecule has 0 bridgehead atoms. The quantitative estimate of drug-likeness (QED) is 0.936. The minimum atomic E-state index is -0.115. The number of rotatable bonds is 3. The van der Waals surface area contributed by atoms with Gasteiger partial charge in [0.05, 0.1) is 17.2 Å². The number of phenols is 1. The summed E-state index contributed by atoms with van der Waals surface area (Å²) in [5.41, 5.74) is 3.12. The molecule has 1 fully saturated rings. The molecular weight excluding hydrogens is 314 g/mol. The Bertz CT molecular complexity index is 801. The van der Waals surface area contributed by atoms with Crippen LogP contribution in [-0.4, -0.2) is 47.0 Å². The van der Waals surface area contributed by atoms with Crippen molar-refractivity contribution in [1.29, 1.82) is 5.26 Å². The number of carbonyl (C=O) groups is 1. The van der Waals surface area contributed by atoms with Crippen molar-refractivity contribution < 1.29 is 9.90 Å². The highest BCUT2D eigenvalue weighted by molar-refractivity contribution is 5.97. The first-order valence-corrected chi connectivity index (χ1v) is 8.37. The maximum atomic E-state index is 12.6. The zero-order valence-electron chi connectivity index (χ0n) is 14.3. The fourth-order valence-corrected chi connectivity index (χ4v) is 3.04. The molecule has 1 amide bonds. The van der Waals surface area contributed by atoms with Crippen LogP contribution in [0.5, 0.6) is 5.75 Å². The first-order valence-electron chi connectivity index (χ1n) is 8.37. The highest BCUT2D eigenvalue weighted by Gasteiger charge is 2.23. The van der Waals surface area contributed by atoms with Crippen molar-refractivity contribution in [2.45, 2.75) is 13.5 Å². The van der Waals surface area contributed by atoms with Gasteiger partial charge < -0.3 is 10.0 Å². The standard InChI is InChI=1S/C20H21N3O2/c1-15-2-7-18(19(24)12-15)20(25)23-10-8-22(9-11-23)14-17-5-3-16(13-21)4-6-17/h2-7,12,24H,8-11,14H2,1H3. The topological polar surface area (TPSA) is 67.6 Å². The Kier molecular flexibility index (Phi) is 5.01. The lowest BCUT2D eigenvalue weighted by atomic mass is 10.1. The maximum absolute atomic E-state index is 12.6. The van der Waals surface area contributed by atoms with Crippen LogP contribution < -0.4 is 0 Å². The van der Waals surface area contributed by atoms with Gasteiger partial charge in [-0.25, -0.2) is 0 Å². The van der Waals surface area contributed by atoms with Gasteiger partial charge in [0.2, 0.25) is 0 Å². The average Bonchev–Trinajstić information content (AvgIpc) is 2.62. The molecule has 1 saturated heterocycles. The van der Waals surface area contributed by atoms with Gasteiger partial charge in [0.25, 0.3) is 5.91 Å². The summed E-state index contributed by atoms with van der Waals surface area (Å²) in [6, 6.07) is 14.9. The zero-order chi connectivity index (χ0) is 17.8. The molecule has 1 N–H and O–H groups in total. The van der Waals surface area contributed by atoms with E-state index in [-0.39, 0.29) is 11.7 Å². The molecule has 128 valence electrons. The smallest absolute Gasteiger partial charge is 0.257 e. The summed E-state index contributed by atoms with van der Waals surface area (Å²) >= 11 is 0.